The van der Waals surface area contributed by atoms with Crippen molar-refractivity contribution >= 4 is 6.09 Å². The zero-order chi connectivity index (χ0) is 24.2. The number of nitriles is 1. The normalized spacial score (nSPS) is 19.9. The van der Waals surface area contributed by atoms with Crippen LogP contribution in [-0.4, -0.2) is 35.2 Å². The van der Waals surface area contributed by atoms with Gasteiger partial charge in [0.2, 0.25) is 5.92 Å². The second kappa shape index (κ2) is 9.69. The van der Waals surface area contributed by atoms with Crippen molar-refractivity contribution in [3.8, 4) is 23.1 Å². The molecule has 0 spiro atoms. The van der Waals surface area contributed by atoms with E-state index in [0.717, 1.165) is 6.07 Å². The van der Waals surface area contributed by atoms with Gasteiger partial charge in [-0.3, -0.25) is 4.98 Å². The third-order valence-electron chi connectivity index (χ3n) is 5.22. The minimum absolute atomic E-state index is 0.0289. The van der Waals surface area contributed by atoms with Crippen molar-refractivity contribution in [1.29, 1.82) is 5.26 Å². The summed E-state index contributed by atoms with van der Waals surface area (Å²) in [4.78, 5) is 16.1. The number of carbonyl (C=O) groups is 1. The van der Waals surface area contributed by atoms with E-state index in [2.05, 4.69) is 10.3 Å². The Labute approximate surface area is 190 Å². The first-order valence-electron chi connectivity index (χ1n) is 10.6. The standard InChI is InChI=1S/C24H26F3N3O3/c1-23(2,3)33-22(31)30-20-8-9-24(26,27)11-17(20)14-32-18-6-4-16(5-7-18)21-19(25)10-15(12-28)13-29-21/h4-7,10,13,17,20H,8-9,11,14H2,1-3H3,(H,30,31)/t17-,20+/m1/s1. The third-order valence-corrected chi connectivity index (χ3v) is 5.22. The highest BCUT2D eigenvalue weighted by Crippen LogP contribution is 2.37. The molecule has 0 saturated heterocycles. The maximum absolute atomic E-state index is 14.2. The van der Waals surface area contributed by atoms with Crippen LogP contribution < -0.4 is 10.1 Å². The van der Waals surface area contributed by atoms with E-state index in [1.807, 2.05) is 6.07 Å². The molecule has 1 heterocycles. The van der Waals surface area contributed by atoms with Gasteiger partial charge in [-0.2, -0.15) is 5.26 Å². The monoisotopic (exact) mass is 461 g/mol. The summed E-state index contributed by atoms with van der Waals surface area (Å²) in [6, 6.07) is 8.80. The second-order valence-corrected chi connectivity index (χ2v) is 9.11. The van der Waals surface area contributed by atoms with Crippen molar-refractivity contribution < 1.29 is 27.4 Å². The van der Waals surface area contributed by atoms with Crippen LogP contribution in [0.5, 0.6) is 5.75 Å². The molecule has 1 aromatic heterocycles. The van der Waals surface area contributed by atoms with Gasteiger partial charge in [0.05, 0.1) is 12.2 Å². The summed E-state index contributed by atoms with van der Waals surface area (Å²) in [5, 5.41) is 11.5. The summed E-state index contributed by atoms with van der Waals surface area (Å²) in [6.07, 6.45) is 0.0181. The summed E-state index contributed by atoms with van der Waals surface area (Å²) in [5.41, 5.74) is 0.00167. The smallest absolute Gasteiger partial charge is 0.407 e. The average Bonchev–Trinajstić information content (AvgIpc) is 2.72. The Bertz CT molecular complexity index is 1030. The fraction of sp³-hybridized carbons (Fsp3) is 0.458. The van der Waals surface area contributed by atoms with Gasteiger partial charge in [-0.05, 0) is 57.5 Å². The van der Waals surface area contributed by atoms with E-state index in [1.54, 1.807) is 45.0 Å². The Morgan fingerprint density at radius 3 is 2.61 bits per heavy atom. The molecule has 0 bridgehead atoms. The van der Waals surface area contributed by atoms with Crippen LogP contribution in [0.3, 0.4) is 0 Å². The number of ether oxygens (including phenoxy) is 2. The summed E-state index contributed by atoms with van der Waals surface area (Å²) in [7, 11) is 0. The Morgan fingerprint density at radius 1 is 1.30 bits per heavy atom. The number of nitrogens with one attached hydrogen (secondary N) is 1. The van der Waals surface area contributed by atoms with Crippen LogP contribution in [0.2, 0.25) is 0 Å². The SMILES string of the molecule is CC(C)(C)OC(=O)N[C@H]1CCC(F)(F)C[C@@H]1COc1ccc(-c2ncc(C#N)cc2F)cc1. The van der Waals surface area contributed by atoms with E-state index < -0.39 is 41.8 Å². The van der Waals surface area contributed by atoms with Crippen LogP contribution in [0, 0.1) is 23.1 Å². The Balaban J connectivity index is 1.65. The zero-order valence-corrected chi connectivity index (χ0v) is 18.7. The maximum atomic E-state index is 14.2. The van der Waals surface area contributed by atoms with Crippen LogP contribution in [-0.2, 0) is 4.74 Å². The second-order valence-electron chi connectivity index (χ2n) is 9.11. The lowest BCUT2D eigenvalue weighted by Crippen LogP contribution is -2.49. The van der Waals surface area contributed by atoms with Gasteiger partial charge >= 0.3 is 6.09 Å². The predicted octanol–water partition coefficient (Wildman–Crippen LogP) is 5.47. The van der Waals surface area contributed by atoms with E-state index in [-0.39, 0.29) is 30.7 Å². The minimum atomic E-state index is -2.83. The molecule has 33 heavy (non-hydrogen) atoms. The lowest BCUT2D eigenvalue weighted by atomic mass is 9.82. The average molecular weight is 461 g/mol. The molecule has 2 aromatic rings. The van der Waals surface area contributed by atoms with Gasteiger partial charge in [-0.25, -0.2) is 18.0 Å². The third kappa shape index (κ3) is 6.85. The topological polar surface area (TPSA) is 84.2 Å². The first kappa shape index (κ1) is 24.4. The molecule has 6 nitrogen and oxygen atoms in total. The van der Waals surface area contributed by atoms with Crippen molar-refractivity contribution in [1.82, 2.24) is 10.3 Å². The van der Waals surface area contributed by atoms with Gasteiger partial charge in [-0.15, -0.1) is 0 Å². The number of alkyl carbamates (subject to hydrolysis) is 1. The number of halogens is 3. The first-order chi connectivity index (χ1) is 15.5. The lowest BCUT2D eigenvalue weighted by Gasteiger charge is -2.36. The van der Waals surface area contributed by atoms with E-state index in [0.29, 0.717) is 11.3 Å². The number of nitrogens with zero attached hydrogens (tertiary/aromatic N) is 2. The molecule has 0 aliphatic heterocycles. The molecule has 1 aromatic carbocycles. The van der Waals surface area contributed by atoms with Crippen LogP contribution >= 0.6 is 0 Å². The Kier molecular flexibility index (Phi) is 7.15. The molecular formula is C24H26F3N3O3. The van der Waals surface area contributed by atoms with Gasteiger partial charge in [0.25, 0.3) is 0 Å². The number of rotatable bonds is 5. The fourth-order valence-electron chi connectivity index (χ4n) is 3.68. The number of alkyl halides is 2. The summed E-state index contributed by atoms with van der Waals surface area (Å²) in [5.74, 6) is -3.65. The lowest BCUT2D eigenvalue weighted by molar-refractivity contribution is -0.0690. The molecule has 1 fully saturated rings. The van der Waals surface area contributed by atoms with E-state index in [4.69, 9.17) is 14.7 Å². The molecule has 2 atom stereocenters. The minimum Gasteiger partial charge on any atom is -0.493 e. The van der Waals surface area contributed by atoms with Crippen molar-refractivity contribution in [2.75, 3.05) is 6.61 Å². The van der Waals surface area contributed by atoms with Gasteiger partial charge in [0.1, 0.15) is 23.1 Å². The number of hydrogen-bond donors (Lipinski definition) is 1. The highest BCUT2D eigenvalue weighted by molar-refractivity contribution is 5.68. The first-order valence-corrected chi connectivity index (χ1v) is 10.6. The highest BCUT2D eigenvalue weighted by atomic mass is 19.3. The van der Waals surface area contributed by atoms with Crippen molar-refractivity contribution in [3.63, 3.8) is 0 Å². The molecule has 9 heteroatoms. The number of aromatic nitrogens is 1. The number of hydrogen-bond acceptors (Lipinski definition) is 5. The fourth-order valence-corrected chi connectivity index (χ4v) is 3.68. The van der Waals surface area contributed by atoms with Crippen LogP contribution in [0.4, 0.5) is 18.0 Å². The van der Waals surface area contributed by atoms with E-state index in [9.17, 15) is 18.0 Å². The van der Waals surface area contributed by atoms with Crippen molar-refractivity contribution in [3.05, 3.63) is 47.9 Å². The zero-order valence-electron chi connectivity index (χ0n) is 18.7. The van der Waals surface area contributed by atoms with E-state index >= 15 is 0 Å². The Hall–Kier alpha value is -3.28. The summed E-state index contributed by atoms with van der Waals surface area (Å²) >= 11 is 0. The number of pyridine rings is 1. The quantitative estimate of drug-likeness (QED) is 0.639. The van der Waals surface area contributed by atoms with Crippen LogP contribution in [0.15, 0.2) is 36.5 Å². The molecular weight excluding hydrogens is 435 g/mol. The Morgan fingerprint density at radius 2 is 2.00 bits per heavy atom. The highest BCUT2D eigenvalue weighted by Gasteiger charge is 2.42. The molecule has 0 unspecified atom stereocenters. The summed E-state index contributed by atoms with van der Waals surface area (Å²) in [6.45, 7) is 5.15. The van der Waals surface area contributed by atoms with Gasteiger partial charge < -0.3 is 14.8 Å². The van der Waals surface area contributed by atoms with Crippen molar-refractivity contribution in [2.45, 2.75) is 57.6 Å². The molecule has 1 aliphatic carbocycles. The van der Waals surface area contributed by atoms with Crippen molar-refractivity contribution in [2.24, 2.45) is 5.92 Å². The molecule has 176 valence electrons. The summed E-state index contributed by atoms with van der Waals surface area (Å²) < 4.78 is 53.2. The van der Waals surface area contributed by atoms with Crippen LogP contribution in [0.25, 0.3) is 11.3 Å². The van der Waals surface area contributed by atoms with E-state index in [1.165, 1.54) is 6.20 Å². The number of carbonyl (C=O) groups excluding carboxylic acids is 1. The predicted molar refractivity (Wildman–Crippen MR) is 115 cm³/mol. The molecule has 1 saturated carbocycles. The number of amides is 1. The maximum Gasteiger partial charge on any atom is 0.407 e. The van der Waals surface area contributed by atoms with Gasteiger partial charge in [0, 0.05) is 36.6 Å². The van der Waals surface area contributed by atoms with Gasteiger partial charge in [0.15, 0.2) is 5.82 Å². The molecule has 3 rings (SSSR count). The number of benzene rings is 1. The van der Waals surface area contributed by atoms with Crippen LogP contribution in [0.1, 0.15) is 45.6 Å². The van der Waals surface area contributed by atoms with Gasteiger partial charge in [-0.1, -0.05) is 0 Å². The molecule has 1 N–H and O–H groups in total. The molecule has 1 aliphatic rings. The molecule has 0 radical (unpaired) electrons. The largest absolute Gasteiger partial charge is 0.493 e. The molecule has 1 amide bonds.